The lowest BCUT2D eigenvalue weighted by molar-refractivity contribution is 0.619. The first-order chi connectivity index (χ1) is 4.20. The SMILES string of the molecule is C=C/C(F)=N\C(F)=C/C. The van der Waals surface area contributed by atoms with Crippen molar-refractivity contribution in [1.29, 1.82) is 0 Å². The third-order valence-electron chi connectivity index (χ3n) is 0.620. The molecule has 0 aliphatic heterocycles. The fourth-order valence-corrected chi connectivity index (χ4v) is 0.212. The Morgan fingerprint density at radius 1 is 1.56 bits per heavy atom. The van der Waals surface area contributed by atoms with Crippen molar-refractivity contribution >= 4 is 5.97 Å². The van der Waals surface area contributed by atoms with Crippen LogP contribution in [0.25, 0.3) is 0 Å². The fourth-order valence-electron chi connectivity index (χ4n) is 0.212. The Morgan fingerprint density at radius 2 is 2.11 bits per heavy atom. The van der Waals surface area contributed by atoms with Crippen LogP contribution in [-0.4, -0.2) is 5.97 Å². The molecule has 0 spiro atoms. The maximum Gasteiger partial charge on any atom is 0.214 e. The highest BCUT2D eigenvalue weighted by atomic mass is 19.1. The third kappa shape index (κ3) is 3.58. The second-order valence-electron chi connectivity index (χ2n) is 1.25. The molecule has 0 saturated carbocycles. The molecule has 0 aliphatic rings. The van der Waals surface area contributed by atoms with Gasteiger partial charge in [0.2, 0.25) is 11.9 Å². The zero-order chi connectivity index (χ0) is 7.28. The molecule has 0 rings (SSSR count). The number of hydrogen-bond acceptors (Lipinski definition) is 1. The molecule has 0 bridgehead atoms. The van der Waals surface area contributed by atoms with Crippen LogP contribution in [-0.2, 0) is 0 Å². The molecule has 9 heavy (non-hydrogen) atoms. The van der Waals surface area contributed by atoms with Gasteiger partial charge in [0, 0.05) is 0 Å². The lowest BCUT2D eigenvalue weighted by Crippen LogP contribution is -1.78. The molecule has 0 N–H and O–H groups in total. The molecule has 0 aromatic heterocycles. The second kappa shape index (κ2) is 3.95. The molecule has 0 heterocycles. The third-order valence-corrected chi connectivity index (χ3v) is 0.620. The lowest BCUT2D eigenvalue weighted by Gasteiger charge is -1.82. The predicted octanol–water partition coefficient (Wildman–Crippen LogP) is 2.37. The number of rotatable bonds is 2. The summed E-state index contributed by atoms with van der Waals surface area (Å²) in [4.78, 5) is 2.84. The smallest absolute Gasteiger partial charge is 0.191 e. The van der Waals surface area contributed by atoms with Crippen LogP contribution in [0.5, 0.6) is 0 Å². The molecule has 0 aliphatic carbocycles. The zero-order valence-electron chi connectivity index (χ0n) is 5.06. The normalized spacial score (nSPS) is 13.7. The van der Waals surface area contributed by atoms with Gasteiger partial charge in [-0.3, -0.25) is 0 Å². The van der Waals surface area contributed by atoms with E-state index in [4.69, 9.17) is 0 Å². The average Bonchev–Trinajstić information content (AvgIpc) is 1.87. The minimum atomic E-state index is -0.911. The summed E-state index contributed by atoms with van der Waals surface area (Å²) >= 11 is 0. The van der Waals surface area contributed by atoms with E-state index in [1.807, 2.05) is 0 Å². The van der Waals surface area contributed by atoms with Crippen molar-refractivity contribution in [3.05, 3.63) is 24.7 Å². The average molecular weight is 131 g/mol. The van der Waals surface area contributed by atoms with Crippen molar-refractivity contribution in [1.82, 2.24) is 0 Å². The van der Waals surface area contributed by atoms with Gasteiger partial charge in [0.05, 0.1) is 0 Å². The van der Waals surface area contributed by atoms with Gasteiger partial charge in [0.1, 0.15) is 0 Å². The van der Waals surface area contributed by atoms with Crippen LogP contribution in [0.15, 0.2) is 29.7 Å². The number of aliphatic imine (C=N–C) groups is 1. The van der Waals surface area contributed by atoms with Gasteiger partial charge in [-0.15, -0.1) is 0 Å². The van der Waals surface area contributed by atoms with Crippen LogP contribution in [0.3, 0.4) is 0 Å². The molecule has 0 aromatic rings. The first-order valence-corrected chi connectivity index (χ1v) is 2.39. The highest BCUT2D eigenvalue weighted by Gasteiger charge is 1.89. The Hall–Kier alpha value is -0.990. The van der Waals surface area contributed by atoms with Gasteiger partial charge in [0.25, 0.3) is 0 Å². The molecule has 0 amide bonds. The van der Waals surface area contributed by atoms with Crippen molar-refractivity contribution in [3.8, 4) is 0 Å². The number of hydrogen-bond donors (Lipinski definition) is 0. The zero-order valence-corrected chi connectivity index (χ0v) is 5.06. The van der Waals surface area contributed by atoms with Gasteiger partial charge in [-0.05, 0) is 19.1 Å². The van der Waals surface area contributed by atoms with E-state index in [2.05, 4.69) is 11.6 Å². The predicted molar refractivity (Wildman–Crippen MR) is 33.6 cm³/mol. The summed E-state index contributed by atoms with van der Waals surface area (Å²) < 4.78 is 23.9. The Kier molecular flexibility index (Phi) is 3.51. The molecule has 0 aromatic carbocycles. The van der Waals surface area contributed by atoms with Gasteiger partial charge in [-0.1, -0.05) is 6.58 Å². The number of nitrogens with zero attached hydrogens (tertiary/aromatic N) is 1. The topological polar surface area (TPSA) is 12.4 Å². The first-order valence-electron chi connectivity index (χ1n) is 2.39. The summed E-state index contributed by atoms with van der Waals surface area (Å²) in [5.41, 5.74) is 0. The summed E-state index contributed by atoms with van der Waals surface area (Å²) in [6.07, 6.45) is 1.90. The lowest BCUT2D eigenvalue weighted by atomic mass is 10.6. The molecule has 0 saturated heterocycles. The van der Waals surface area contributed by atoms with E-state index < -0.39 is 11.9 Å². The van der Waals surface area contributed by atoms with Crippen molar-refractivity contribution in [2.45, 2.75) is 6.92 Å². The molecule has 1 nitrogen and oxygen atoms in total. The molecule has 50 valence electrons. The monoisotopic (exact) mass is 131 g/mol. The Morgan fingerprint density at radius 3 is 2.44 bits per heavy atom. The van der Waals surface area contributed by atoms with Crippen molar-refractivity contribution in [3.63, 3.8) is 0 Å². The standard InChI is InChI=1S/C6H7F2N/c1-3-5(7)9-6(8)4-2/h3-4H,1H2,2H3/b6-4-,9-5+. The quantitative estimate of drug-likeness (QED) is 0.403. The number of halogens is 2. The van der Waals surface area contributed by atoms with Gasteiger partial charge < -0.3 is 0 Å². The second-order valence-corrected chi connectivity index (χ2v) is 1.25. The van der Waals surface area contributed by atoms with Crippen LogP contribution in [0.4, 0.5) is 8.78 Å². The summed E-state index contributed by atoms with van der Waals surface area (Å²) in [5.74, 6) is -1.75. The minimum absolute atomic E-state index is 0.836. The summed E-state index contributed by atoms with van der Waals surface area (Å²) in [6.45, 7) is 4.47. The fraction of sp³-hybridized carbons (Fsp3) is 0.167. The maximum atomic E-state index is 12.0. The molecule has 0 fully saturated rings. The first kappa shape index (κ1) is 8.01. The largest absolute Gasteiger partial charge is 0.214 e. The summed E-state index contributed by atoms with van der Waals surface area (Å²) in [7, 11) is 0. The molecular formula is C6H7F2N. The highest BCUT2D eigenvalue weighted by Crippen LogP contribution is 1.98. The Bertz CT molecular complexity index is 158. The highest BCUT2D eigenvalue weighted by molar-refractivity contribution is 5.86. The summed E-state index contributed by atoms with van der Waals surface area (Å²) in [5, 5.41) is 0. The van der Waals surface area contributed by atoms with E-state index in [1.54, 1.807) is 0 Å². The minimum Gasteiger partial charge on any atom is -0.191 e. The van der Waals surface area contributed by atoms with Gasteiger partial charge in [-0.25, -0.2) is 0 Å². The van der Waals surface area contributed by atoms with E-state index in [0.717, 1.165) is 12.2 Å². The van der Waals surface area contributed by atoms with E-state index in [9.17, 15) is 8.78 Å². The molecule has 0 atom stereocenters. The van der Waals surface area contributed by atoms with Gasteiger partial charge >= 0.3 is 0 Å². The van der Waals surface area contributed by atoms with Crippen LogP contribution in [0.1, 0.15) is 6.92 Å². The van der Waals surface area contributed by atoms with Gasteiger partial charge in [0.15, 0.2) is 0 Å². The van der Waals surface area contributed by atoms with E-state index >= 15 is 0 Å². The van der Waals surface area contributed by atoms with Crippen LogP contribution < -0.4 is 0 Å². The Balaban J connectivity index is 4.11. The van der Waals surface area contributed by atoms with Gasteiger partial charge in [-0.2, -0.15) is 13.8 Å². The van der Waals surface area contributed by atoms with Crippen molar-refractivity contribution < 1.29 is 8.78 Å². The van der Waals surface area contributed by atoms with Crippen LogP contribution >= 0.6 is 0 Å². The molecular weight excluding hydrogens is 124 g/mol. The molecule has 0 radical (unpaired) electrons. The van der Waals surface area contributed by atoms with E-state index in [-0.39, 0.29) is 0 Å². The van der Waals surface area contributed by atoms with Crippen LogP contribution in [0, 0.1) is 0 Å². The van der Waals surface area contributed by atoms with Crippen molar-refractivity contribution in [2.75, 3.05) is 0 Å². The Labute approximate surface area is 52.4 Å². The molecule has 0 unspecified atom stereocenters. The van der Waals surface area contributed by atoms with Crippen LogP contribution in [0.2, 0.25) is 0 Å². The number of allylic oxidation sites excluding steroid dienone is 2. The maximum absolute atomic E-state index is 12.0. The summed E-state index contributed by atoms with van der Waals surface area (Å²) in [6, 6.07) is 0. The molecule has 3 heteroatoms. The van der Waals surface area contributed by atoms with Crippen molar-refractivity contribution in [2.24, 2.45) is 4.99 Å². The van der Waals surface area contributed by atoms with E-state index in [1.165, 1.54) is 6.92 Å². The van der Waals surface area contributed by atoms with E-state index in [0.29, 0.717) is 0 Å².